The van der Waals surface area contributed by atoms with E-state index in [1.54, 1.807) is 6.07 Å². The molecule has 0 spiro atoms. The summed E-state index contributed by atoms with van der Waals surface area (Å²) in [6.07, 6.45) is 0.719. The minimum atomic E-state index is -0.424. The first-order chi connectivity index (χ1) is 12.1. The summed E-state index contributed by atoms with van der Waals surface area (Å²) in [7, 11) is 0. The SMILES string of the molecule is CC[C@@H](O)CN1CCN(C(=O)CCn2c(=O)oc3ccccc32)CC1. The van der Waals surface area contributed by atoms with Crippen LogP contribution in [0.15, 0.2) is 33.5 Å². The standard InChI is InChI=1S/C18H25N3O4/c1-2-14(22)13-19-9-11-20(12-10-19)17(23)7-8-21-15-5-3-4-6-16(15)25-18(21)24/h3-6,14,22H,2,7-13H2,1H3/t14-/m1/s1. The molecule has 1 aromatic heterocycles. The molecule has 136 valence electrons. The average molecular weight is 347 g/mol. The van der Waals surface area contributed by atoms with Gasteiger partial charge in [-0.05, 0) is 18.6 Å². The van der Waals surface area contributed by atoms with Crippen LogP contribution in [0.5, 0.6) is 0 Å². The number of carbonyl (C=O) groups is 1. The highest BCUT2D eigenvalue weighted by Crippen LogP contribution is 2.13. The maximum Gasteiger partial charge on any atom is 0.419 e. The minimum absolute atomic E-state index is 0.0490. The van der Waals surface area contributed by atoms with Crippen LogP contribution >= 0.6 is 0 Å². The Kier molecular flexibility index (Phi) is 5.55. The van der Waals surface area contributed by atoms with Crippen molar-refractivity contribution in [2.75, 3.05) is 32.7 Å². The summed E-state index contributed by atoms with van der Waals surface area (Å²) in [4.78, 5) is 28.4. The van der Waals surface area contributed by atoms with Crippen LogP contribution in [0.2, 0.25) is 0 Å². The lowest BCUT2D eigenvalue weighted by Gasteiger charge is -2.35. The summed E-state index contributed by atoms with van der Waals surface area (Å²) in [6.45, 7) is 5.83. The van der Waals surface area contributed by atoms with Gasteiger partial charge in [0.1, 0.15) is 0 Å². The summed E-state index contributed by atoms with van der Waals surface area (Å²) in [6, 6.07) is 7.23. The van der Waals surface area contributed by atoms with Crippen molar-refractivity contribution < 1.29 is 14.3 Å². The number of oxazole rings is 1. The Hall–Kier alpha value is -2.12. The first-order valence-electron chi connectivity index (χ1n) is 8.85. The van der Waals surface area contributed by atoms with E-state index in [-0.39, 0.29) is 18.4 Å². The van der Waals surface area contributed by atoms with Gasteiger partial charge in [0.2, 0.25) is 5.91 Å². The van der Waals surface area contributed by atoms with Crippen molar-refractivity contribution >= 4 is 17.0 Å². The van der Waals surface area contributed by atoms with Crippen LogP contribution in [-0.4, -0.2) is 64.2 Å². The molecule has 1 saturated heterocycles. The molecule has 2 heterocycles. The molecular weight excluding hydrogens is 322 g/mol. The first-order valence-corrected chi connectivity index (χ1v) is 8.85. The number of nitrogens with zero attached hydrogens (tertiary/aromatic N) is 3. The van der Waals surface area contributed by atoms with Gasteiger partial charge < -0.3 is 14.4 Å². The molecule has 1 atom stereocenters. The Balaban J connectivity index is 1.53. The summed E-state index contributed by atoms with van der Waals surface area (Å²) in [5.41, 5.74) is 1.27. The van der Waals surface area contributed by atoms with Crippen molar-refractivity contribution in [2.24, 2.45) is 0 Å². The van der Waals surface area contributed by atoms with E-state index in [0.717, 1.165) is 25.0 Å². The maximum atomic E-state index is 12.4. The fourth-order valence-corrected chi connectivity index (χ4v) is 3.20. The molecule has 1 amide bonds. The molecular formula is C18H25N3O4. The van der Waals surface area contributed by atoms with Gasteiger partial charge in [0.25, 0.3) is 0 Å². The summed E-state index contributed by atoms with van der Waals surface area (Å²) >= 11 is 0. The van der Waals surface area contributed by atoms with Crippen molar-refractivity contribution in [1.29, 1.82) is 0 Å². The number of hydrogen-bond acceptors (Lipinski definition) is 5. The van der Waals surface area contributed by atoms with Crippen LogP contribution < -0.4 is 5.76 Å². The molecule has 1 aromatic carbocycles. The number of aryl methyl sites for hydroxylation is 1. The fraction of sp³-hybridized carbons (Fsp3) is 0.556. The zero-order valence-corrected chi connectivity index (χ0v) is 14.6. The van der Waals surface area contributed by atoms with Crippen LogP contribution in [0.4, 0.5) is 0 Å². The summed E-state index contributed by atoms with van der Waals surface area (Å²) < 4.78 is 6.71. The number of β-amino-alcohol motifs (C(OH)–C–C–N with tert-alkyl or cyclic N) is 1. The van der Waals surface area contributed by atoms with Crippen LogP contribution in [0, 0.1) is 0 Å². The molecule has 0 bridgehead atoms. The van der Waals surface area contributed by atoms with Crippen molar-refractivity contribution in [3.8, 4) is 0 Å². The van der Waals surface area contributed by atoms with Crippen molar-refractivity contribution in [3.05, 3.63) is 34.8 Å². The normalized spacial score (nSPS) is 17.1. The molecule has 2 aromatic rings. The van der Waals surface area contributed by atoms with Gasteiger partial charge in [-0.2, -0.15) is 0 Å². The van der Waals surface area contributed by atoms with Crippen LogP contribution in [0.3, 0.4) is 0 Å². The molecule has 1 N–H and O–H groups in total. The lowest BCUT2D eigenvalue weighted by Crippen LogP contribution is -2.50. The first kappa shape index (κ1) is 17.7. The monoisotopic (exact) mass is 347 g/mol. The van der Waals surface area contributed by atoms with Gasteiger partial charge in [0.15, 0.2) is 5.58 Å². The second kappa shape index (κ2) is 7.84. The molecule has 1 fully saturated rings. The lowest BCUT2D eigenvalue weighted by molar-refractivity contribution is -0.133. The largest absolute Gasteiger partial charge is 0.419 e. The number of aromatic nitrogens is 1. The van der Waals surface area contributed by atoms with Crippen molar-refractivity contribution in [2.45, 2.75) is 32.4 Å². The highest BCUT2D eigenvalue weighted by Gasteiger charge is 2.22. The third-order valence-corrected chi connectivity index (χ3v) is 4.79. The van der Waals surface area contributed by atoms with Crippen molar-refractivity contribution in [1.82, 2.24) is 14.4 Å². The summed E-state index contributed by atoms with van der Waals surface area (Å²) in [5.74, 6) is -0.375. The second-order valence-corrected chi connectivity index (χ2v) is 6.48. The van der Waals surface area contributed by atoms with Gasteiger partial charge >= 0.3 is 5.76 Å². The van der Waals surface area contributed by atoms with Gasteiger partial charge in [0, 0.05) is 45.7 Å². The number of aliphatic hydroxyl groups is 1. The van der Waals surface area contributed by atoms with Gasteiger partial charge in [0.05, 0.1) is 11.6 Å². The van der Waals surface area contributed by atoms with Gasteiger partial charge in [-0.1, -0.05) is 19.1 Å². The molecule has 1 aliphatic rings. The third kappa shape index (κ3) is 4.11. The Morgan fingerprint density at radius 1 is 1.24 bits per heavy atom. The Bertz CT molecular complexity index is 774. The molecule has 1 aliphatic heterocycles. The lowest BCUT2D eigenvalue weighted by atomic mass is 10.2. The maximum absolute atomic E-state index is 12.4. The Labute approximate surface area is 146 Å². The Morgan fingerprint density at radius 3 is 2.68 bits per heavy atom. The van der Waals surface area contributed by atoms with E-state index in [1.807, 2.05) is 30.0 Å². The van der Waals surface area contributed by atoms with Crippen LogP contribution in [0.25, 0.3) is 11.1 Å². The zero-order chi connectivity index (χ0) is 17.8. The van der Waals surface area contributed by atoms with Crippen LogP contribution in [-0.2, 0) is 11.3 Å². The van der Waals surface area contributed by atoms with E-state index in [4.69, 9.17) is 4.42 Å². The molecule has 7 nitrogen and oxygen atoms in total. The zero-order valence-electron chi connectivity index (χ0n) is 14.6. The Morgan fingerprint density at radius 2 is 1.96 bits per heavy atom. The number of para-hydroxylation sites is 2. The number of amides is 1. The number of carbonyl (C=O) groups excluding carboxylic acids is 1. The second-order valence-electron chi connectivity index (χ2n) is 6.48. The fourth-order valence-electron chi connectivity index (χ4n) is 3.20. The highest BCUT2D eigenvalue weighted by atomic mass is 16.4. The molecule has 0 unspecified atom stereocenters. The van der Waals surface area contributed by atoms with Gasteiger partial charge in [-0.25, -0.2) is 4.79 Å². The van der Waals surface area contributed by atoms with E-state index < -0.39 is 5.76 Å². The molecule has 0 aliphatic carbocycles. The van der Waals surface area contributed by atoms with Gasteiger partial charge in [-0.3, -0.25) is 14.3 Å². The highest BCUT2D eigenvalue weighted by molar-refractivity contribution is 5.77. The number of piperazine rings is 1. The van der Waals surface area contributed by atoms with Gasteiger partial charge in [-0.15, -0.1) is 0 Å². The topological polar surface area (TPSA) is 78.9 Å². The quantitative estimate of drug-likeness (QED) is 0.840. The molecule has 0 saturated carbocycles. The van der Waals surface area contributed by atoms with E-state index in [0.29, 0.717) is 31.8 Å². The number of hydrogen-bond donors (Lipinski definition) is 1. The van der Waals surface area contributed by atoms with E-state index >= 15 is 0 Å². The summed E-state index contributed by atoms with van der Waals surface area (Å²) in [5, 5.41) is 9.72. The van der Waals surface area contributed by atoms with E-state index in [9.17, 15) is 14.7 Å². The van der Waals surface area contributed by atoms with E-state index in [2.05, 4.69) is 4.90 Å². The number of aliphatic hydroxyl groups excluding tert-OH is 1. The molecule has 7 heteroatoms. The predicted octanol–water partition coefficient (Wildman–Crippen LogP) is 0.900. The smallest absolute Gasteiger partial charge is 0.408 e. The number of rotatable bonds is 6. The van der Waals surface area contributed by atoms with Crippen LogP contribution in [0.1, 0.15) is 19.8 Å². The molecule has 3 rings (SSSR count). The predicted molar refractivity (Wildman–Crippen MR) is 94.4 cm³/mol. The van der Waals surface area contributed by atoms with E-state index in [1.165, 1.54) is 4.57 Å². The third-order valence-electron chi connectivity index (χ3n) is 4.79. The molecule has 0 radical (unpaired) electrons. The minimum Gasteiger partial charge on any atom is -0.408 e. The average Bonchev–Trinajstić information content (AvgIpc) is 2.95. The van der Waals surface area contributed by atoms with Crippen molar-refractivity contribution in [3.63, 3.8) is 0 Å². The number of benzene rings is 1. The number of fused-ring (bicyclic) bond motifs is 1. The molecule has 25 heavy (non-hydrogen) atoms.